The van der Waals surface area contributed by atoms with Crippen LogP contribution in [0.4, 0.5) is 4.39 Å². The number of nitrogens with one attached hydrogen (secondary N) is 1. The van der Waals surface area contributed by atoms with Crippen LogP contribution in [-0.4, -0.2) is 53.9 Å². The van der Waals surface area contributed by atoms with Gasteiger partial charge in [-0.1, -0.05) is 19.9 Å². The van der Waals surface area contributed by atoms with E-state index >= 15 is 0 Å². The molecule has 7 nitrogen and oxygen atoms in total. The molecular weight excluding hydrogens is 447 g/mol. The third-order valence-electron chi connectivity index (χ3n) is 6.13. The molecule has 1 N–H and O–H groups in total. The second kappa shape index (κ2) is 12.4. The number of hydrogen-bond donors (Lipinski definition) is 1. The Morgan fingerprint density at radius 2 is 1.80 bits per heavy atom. The van der Waals surface area contributed by atoms with Gasteiger partial charge >= 0.3 is 0 Å². The number of benzene rings is 2. The minimum atomic E-state index is -0.300. The molecule has 0 spiro atoms. The predicted molar refractivity (Wildman–Crippen MR) is 135 cm³/mol. The second-order valence-electron chi connectivity index (χ2n) is 8.35. The lowest BCUT2D eigenvalue weighted by Gasteiger charge is -2.19. The molecular formula is C27H35FN4O3. The van der Waals surface area contributed by atoms with E-state index in [1.807, 2.05) is 32.0 Å². The van der Waals surface area contributed by atoms with E-state index in [1.54, 1.807) is 23.9 Å². The van der Waals surface area contributed by atoms with Gasteiger partial charge in [0.1, 0.15) is 12.4 Å². The standard InChI is InChI=1S/C27H35FN4O3/c1-6-31(7-2)14-15-35-25-13-8-21(16-26(25)34-5)18-29-27(33)17-24-19(3)30-32(20(24)4)23-11-9-22(28)10-12-23/h8-13,16H,6-7,14-15,17-18H2,1-5H3,(H,29,33). The number of rotatable bonds is 12. The van der Waals surface area contributed by atoms with Gasteiger partial charge in [0.2, 0.25) is 5.91 Å². The molecule has 0 atom stereocenters. The van der Waals surface area contributed by atoms with Gasteiger partial charge in [0.25, 0.3) is 0 Å². The topological polar surface area (TPSA) is 68.6 Å². The van der Waals surface area contributed by atoms with Crippen LogP contribution in [0.2, 0.25) is 0 Å². The monoisotopic (exact) mass is 482 g/mol. The highest BCUT2D eigenvalue weighted by Gasteiger charge is 2.16. The van der Waals surface area contributed by atoms with Crippen molar-refractivity contribution in [3.05, 3.63) is 70.8 Å². The average Bonchev–Trinajstić information content (AvgIpc) is 3.14. The first-order valence-electron chi connectivity index (χ1n) is 12.0. The first-order valence-corrected chi connectivity index (χ1v) is 12.0. The molecule has 0 radical (unpaired) electrons. The van der Waals surface area contributed by atoms with Crippen LogP contribution >= 0.6 is 0 Å². The van der Waals surface area contributed by atoms with Crippen LogP contribution in [0, 0.1) is 19.7 Å². The van der Waals surface area contributed by atoms with Gasteiger partial charge in [0, 0.05) is 24.3 Å². The lowest BCUT2D eigenvalue weighted by atomic mass is 10.1. The fourth-order valence-electron chi connectivity index (χ4n) is 3.95. The van der Waals surface area contributed by atoms with Gasteiger partial charge in [0.05, 0.1) is 24.9 Å². The minimum Gasteiger partial charge on any atom is -0.493 e. The zero-order valence-corrected chi connectivity index (χ0v) is 21.2. The molecule has 0 fully saturated rings. The molecule has 1 amide bonds. The summed E-state index contributed by atoms with van der Waals surface area (Å²) in [6.45, 7) is 11.8. The molecule has 0 aliphatic rings. The van der Waals surface area contributed by atoms with Crippen molar-refractivity contribution in [2.75, 3.05) is 33.4 Å². The fourth-order valence-corrected chi connectivity index (χ4v) is 3.95. The van der Waals surface area contributed by atoms with E-state index in [0.717, 1.165) is 47.8 Å². The fraction of sp³-hybridized carbons (Fsp3) is 0.407. The number of aryl methyl sites for hydroxylation is 1. The highest BCUT2D eigenvalue weighted by molar-refractivity contribution is 5.79. The third kappa shape index (κ3) is 6.82. The van der Waals surface area contributed by atoms with E-state index < -0.39 is 0 Å². The quantitative estimate of drug-likeness (QED) is 0.419. The van der Waals surface area contributed by atoms with E-state index in [4.69, 9.17) is 9.47 Å². The summed E-state index contributed by atoms with van der Waals surface area (Å²) < 4.78 is 26.4. The Labute approximate surface area is 206 Å². The van der Waals surface area contributed by atoms with Crippen LogP contribution in [0.25, 0.3) is 5.69 Å². The second-order valence-corrected chi connectivity index (χ2v) is 8.35. The first kappa shape index (κ1) is 26.2. The number of amides is 1. The van der Waals surface area contributed by atoms with Crippen molar-refractivity contribution < 1.29 is 18.7 Å². The molecule has 8 heteroatoms. The number of carbonyl (C=O) groups is 1. The normalized spacial score (nSPS) is 11.1. The predicted octanol–water partition coefficient (Wildman–Crippen LogP) is 4.22. The Balaban J connectivity index is 1.59. The van der Waals surface area contributed by atoms with E-state index in [0.29, 0.717) is 24.7 Å². The maximum atomic E-state index is 13.3. The van der Waals surface area contributed by atoms with E-state index in [-0.39, 0.29) is 18.1 Å². The zero-order chi connectivity index (χ0) is 25.4. The Hall–Kier alpha value is -3.39. The molecule has 3 rings (SSSR count). The number of halogens is 1. The lowest BCUT2D eigenvalue weighted by Crippen LogP contribution is -2.28. The van der Waals surface area contributed by atoms with Gasteiger partial charge in [-0.15, -0.1) is 0 Å². The summed E-state index contributed by atoms with van der Waals surface area (Å²) in [6, 6.07) is 11.8. The maximum absolute atomic E-state index is 13.3. The van der Waals surface area contributed by atoms with Crippen LogP contribution in [0.1, 0.15) is 36.4 Å². The molecule has 0 aliphatic heterocycles. The van der Waals surface area contributed by atoms with Crippen LogP contribution in [0.5, 0.6) is 11.5 Å². The molecule has 1 aromatic heterocycles. The SMILES string of the molecule is CCN(CC)CCOc1ccc(CNC(=O)Cc2c(C)nn(-c3ccc(F)cc3)c2C)cc1OC. The van der Waals surface area contributed by atoms with Crippen molar-refractivity contribution in [1.29, 1.82) is 0 Å². The number of nitrogens with zero attached hydrogens (tertiary/aromatic N) is 3. The number of aromatic nitrogens is 2. The lowest BCUT2D eigenvalue weighted by molar-refractivity contribution is -0.120. The molecule has 188 valence electrons. The van der Waals surface area contributed by atoms with Gasteiger partial charge in [-0.2, -0.15) is 5.10 Å². The average molecular weight is 483 g/mol. The van der Waals surface area contributed by atoms with Crippen molar-refractivity contribution in [3.63, 3.8) is 0 Å². The van der Waals surface area contributed by atoms with Gasteiger partial charge < -0.3 is 19.7 Å². The van der Waals surface area contributed by atoms with Gasteiger partial charge in [-0.3, -0.25) is 4.79 Å². The molecule has 2 aromatic carbocycles. The summed E-state index contributed by atoms with van der Waals surface area (Å²) in [5.41, 5.74) is 4.17. The van der Waals surface area contributed by atoms with Crippen molar-refractivity contribution >= 4 is 5.91 Å². The van der Waals surface area contributed by atoms with Crippen molar-refractivity contribution in [2.45, 2.75) is 40.7 Å². The summed E-state index contributed by atoms with van der Waals surface area (Å²) in [6.07, 6.45) is 0.211. The first-order chi connectivity index (χ1) is 16.9. The smallest absolute Gasteiger partial charge is 0.224 e. The molecule has 1 heterocycles. The summed E-state index contributed by atoms with van der Waals surface area (Å²) in [5, 5.41) is 7.51. The Morgan fingerprint density at radius 3 is 2.46 bits per heavy atom. The van der Waals surface area contributed by atoms with Crippen molar-refractivity contribution in [1.82, 2.24) is 20.0 Å². The summed E-state index contributed by atoms with van der Waals surface area (Å²) >= 11 is 0. The number of likely N-dealkylation sites (N-methyl/N-ethyl adjacent to an activating group) is 1. The highest BCUT2D eigenvalue weighted by Crippen LogP contribution is 2.28. The largest absolute Gasteiger partial charge is 0.493 e. The number of ether oxygens (including phenoxy) is 2. The van der Waals surface area contributed by atoms with E-state index in [2.05, 4.69) is 29.2 Å². The summed E-state index contributed by atoms with van der Waals surface area (Å²) in [7, 11) is 1.61. The molecule has 0 aliphatic carbocycles. The van der Waals surface area contributed by atoms with Gasteiger partial charge in [0.15, 0.2) is 11.5 Å². The molecule has 0 saturated carbocycles. The molecule has 3 aromatic rings. The Kier molecular flexibility index (Phi) is 9.25. The van der Waals surface area contributed by atoms with Crippen LogP contribution in [0.15, 0.2) is 42.5 Å². The summed E-state index contributed by atoms with van der Waals surface area (Å²) in [4.78, 5) is 15.0. The van der Waals surface area contributed by atoms with Gasteiger partial charge in [-0.25, -0.2) is 9.07 Å². The van der Waals surface area contributed by atoms with Crippen LogP contribution in [-0.2, 0) is 17.8 Å². The zero-order valence-electron chi connectivity index (χ0n) is 21.2. The third-order valence-corrected chi connectivity index (χ3v) is 6.13. The van der Waals surface area contributed by atoms with Crippen molar-refractivity contribution in [3.8, 4) is 17.2 Å². The van der Waals surface area contributed by atoms with Crippen LogP contribution in [0.3, 0.4) is 0 Å². The summed E-state index contributed by atoms with van der Waals surface area (Å²) in [5.74, 6) is 0.928. The molecule has 0 unspecified atom stereocenters. The molecule has 0 bridgehead atoms. The van der Waals surface area contributed by atoms with E-state index in [1.165, 1.54) is 12.1 Å². The molecule has 35 heavy (non-hydrogen) atoms. The number of hydrogen-bond acceptors (Lipinski definition) is 5. The minimum absolute atomic E-state index is 0.103. The van der Waals surface area contributed by atoms with E-state index in [9.17, 15) is 9.18 Å². The maximum Gasteiger partial charge on any atom is 0.224 e. The van der Waals surface area contributed by atoms with Crippen LogP contribution < -0.4 is 14.8 Å². The number of methoxy groups -OCH3 is 1. The highest BCUT2D eigenvalue weighted by atomic mass is 19.1. The molecule has 0 saturated heterocycles. The van der Waals surface area contributed by atoms with Gasteiger partial charge in [-0.05, 0) is 68.9 Å². The Morgan fingerprint density at radius 1 is 1.09 bits per heavy atom. The van der Waals surface area contributed by atoms with Crippen molar-refractivity contribution in [2.24, 2.45) is 0 Å². The Bertz CT molecular complexity index is 1120. The number of carbonyl (C=O) groups excluding carboxylic acids is 1.